The summed E-state index contributed by atoms with van der Waals surface area (Å²) < 4.78 is 7.64. The lowest BCUT2D eigenvalue weighted by Gasteiger charge is -2.20. The van der Waals surface area contributed by atoms with Crippen LogP contribution < -0.4 is 10.3 Å². The molecule has 4 rings (SSSR count). The fourth-order valence-corrected chi connectivity index (χ4v) is 4.19. The smallest absolute Gasteiger partial charge is 0.313 e. The highest BCUT2D eigenvalue weighted by Crippen LogP contribution is 2.36. The molecular formula is C26H22BrClN4O4. The van der Waals surface area contributed by atoms with Gasteiger partial charge in [-0.1, -0.05) is 78.6 Å². The summed E-state index contributed by atoms with van der Waals surface area (Å²) in [6.07, 6.45) is 1.35. The second-order valence-electron chi connectivity index (χ2n) is 9.09. The lowest BCUT2D eigenvalue weighted by Crippen LogP contribution is -2.29. The Hall–Kier alpha value is -3.56. The summed E-state index contributed by atoms with van der Waals surface area (Å²) >= 11 is 9.76. The van der Waals surface area contributed by atoms with Crippen LogP contribution in [0.2, 0.25) is 5.02 Å². The molecule has 8 nitrogen and oxygen atoms in total. The van der Waals surface area contributed by atoms with Crippen LogP contribution in [0.15, 0.2) is 75.0 Å². The van der Waals surface area contributed by atoms with Crippen LogP contribution in [0.5, 0.6) is 5.75 Å². The first-order valence-electron chi connectivity index (χ1n) is 11.0. The van der Waals surface area contributed by atoms with Crippen molar-refractivity contribution < 1.29 is 9.66 Å². The summed E-state index contributed by atoms with van der Waals surface area (Å²) in [4.78, 5) is 29.2. The third-order valence-electron chi connectivity index (χ3n) is 5.27. The maximum atomic E-state index is 13.3. The van der Waals surface area contributed by atoms with Crippen molar-refractivity contribution in [3.63, 3.8) is 0 Å². The fraction of sp³-hybridized carbons (Fsp3) is 0.192. The van der Waals surface area contributed by atoms with E-state index < -0.39 is 10.3 Å². The number of hydrogen-bond acceptors (Lipinski definition) is 6. The molecule has 1 heterocycles. The zero-order chi connectivity index (χ0) is 26.0. The van der Waals surface area contributed by atoms with Gasteiger partial charge in [0, 0.05) is 21.5 Å². The van der Waals surface area contributed by atoms with Crippen molar-refractivity contribution in [2.24, 2.45) is 5.10 Å². The lowest BCUT2D eigenvalue weighted by molar-refractivity contribution is -0.385. The number of nitro benzene ring substituents is 1. The Kier molecular flexibility index (Phi) is 7.23. The second kappa shape index (κ2) is 10.2. The minimum atomic E-state index is -0.564. The summed E-state index contributed by atoms with van der Waals surface area (Å²) in [6.45, 7) is 5.89. The van der Waals surface area contributed by atoms with Gasteiger partial charge in [0.1, 0.15) is 12.4 Å². The molecule has 0 aliphatic carbocycles. The number of halogens is 2. The lowest BCUT2D eigenvalue weighted by atomic mass is 9.95. The first-order valence-corrected chi connectivity index (χ1v) is 12.1. The molecule has 0 radical (unpaired) electrons. The van der Waals surface area contributed by atoms with Gasteiger partial charge in [-0.25, -0.2) is 4.98 Å². The molecule has 0 bridgehead atoms. The van der Waals surface area contributed by atoms with Crippen molar-refractivity contribution in [1.29, 1.82) is 0 Å². The van der Waals surface area contributed by atoms with E-state index in [2.05, 4.69) is 26.0 Å². The fourth-order valence-electron chi connectivity index (χ4n) is 3.55. The summed E-state index contributed by atoms with van der Waals surface area (Å²) in [5, 5.41) is 16.6. The van der Waals surface area contributed by atoms with Crippen molar-refractivity contribution in [2.75, 3.05) is 0 Å². The van der Waals surface area contributed by atoms with Gasteiger partial charge in [0.15, 0.2) is 0 Å². The van der Waals surface area contributed by atoms with Crippen LogP contribution in [-0.2, 0) is 12.0 Å². The average Bonchev–Trinajstić information content (AvgIpc) is 2.82. The molecule has 0 fully saturated rings. The Labute approximate surface area is 220 Å². The Bertz CT molecular complexity index is 1550. The number of benzene rings is 3. The standard InChI is InChI=1S/C26H22BrClN4O4/c1-26(2,3)25-30-21-10-9-18(27)13-19(21)24(33)31(25)29-14-17-11-20(28)23(22(12-17)32(34)35)36-15-16-7-5-4-6-8-16/h4-14H,15H2,1-3H3. The van der Waals surface area contributed by atoms with E-state index in [9.17, 15) is 14.9 Å². The first kappa shape index (κ1) is 25.5. The van der Waals surface area contributed by atoms with Crippen LogP contribution in [0.3, 0.4) is 0 Å². The molecule has 0 amide bonds. The topological polar surface area (TPSA) is 99.6 Å². The van der Waals surface area contributed by atoms with Gasteiger partial charge in [0.2, 0.25) is 5.75 Å². The van der Waals surface area contributed by atoms with Gasteiger partial charge in [-0.05, 0) is 29.8 Å². The number of aromatic nitrogens is 2. The third-order valence-corrected chi connectivity index (χ3v) is 6.04. The van der Waals surface area contributed by atoms with E-state index in [1.807, 2.05) is 57.2 Å². The second-order valence-corrected chi connectivity index (χ2v) is 10.4. The normalized spacial score (nSPS) is 11.8. The van der Waals surface area contributed by atoms with Crippen LogP contribution in [-0.4, -0.2) is 20.8 Å². The summed E-state index contributed by atoms with van der Waals surface area (Å²) in [5.74, 6) is 0.412. The largest absolute Gasteiger partial charge is 0.481 e. The quantitative estimate of drug-likeness (QED) is 0.150. The van der Waals surface area contributed by atoms with Crippen molar-refractivity contribution in [2.45, 2.75) is 32.8 Å². The van der Waals surface area contributed by atoms with Crippen molar-refractivity contribution in [1.82, 2.24) is 9.66 Å². The van der Waals surface area contributed by atoms with E-state index in [0.29, 0.717) is 22.3 Å². The molecule has 0 aliphatic heterocycles. The molecule has 4 aromatic rings. The molecule has 1 aromatic heterocycles. The molecule has 0 N–H and O–H groups in total. The summed E-state index contributed by atoms with van der Waals surface area (Å²) in [6, 6.07) is 17.3. The number of rotatable bonds is 6. The first-order chi connectivity index (χ1) is 17.0. The van der Waals surface area contributed by atoms with E-state index in [0.717, 1.165) is 10.0 Å². The van der Waals surface area contributed by atoms with E-state index in [1.54, 1.807) is 12.1 Å². The van der Waals surface area contributed by atoms with Gasteiger partial charge < -0.3 is 4.74 Å². The monoisotopic (exact) mass is 568 g/mol. The average molecular weight is 570 g/mol. The Morgan fingerprint density at radius 1 is 1.17 bits per heavy atom. The minimum Gasteiger partial charge on any atom is -0.481 e. The highest BCUT2D eigenvalue weighted by Gasteiger charge is 2.24. The predicted octanol–water partition coefficient (Wildman–Crippen LogP) is 6.48. The van der Waals surface area contributed by atoms with E-state index in [4.69, 9.17) is 16.3 Å². The predicted molar refractivity (Wildman–Crippen MR) is 144 cm³/mol. The van der Waals surface area contributed by atoms with Gasteiger partial charge >= 0.3 is 5.69 Å². The van der Waals surface area contributed by atoms with E-state index in [1.165, 1.54) is 23.0 Å². The Balaban J connectivity index is 1.76. The van der Waals surface area contributed by atoms with E-state index >= 15 is 0 Å². The van der Waals surface area contributed by atoms with Crippen molar-refractivity contribution in [3.05, 3.63) is 108 Å². The molecule has 0 saturated carbocycles. The molecule has 10 heteroatoms. The molecular weight excluding hydrogens is 548 g/mol. The van der Waals surface area contributed by atoms with Gasteiger partial charge in [-0.2, -0.15) is 9.78 Å². The van der Waals surface area contributed by atoms with Gasteiger partial charge in [0.25, 0.3) is 5.56 Å². The van der Waals surface area contributed by atoms with E-state index in [-0.39, 0.29) is 28.6 Å². The van der Waals surface area contributed by atoms with Gasteiger partial charge in [-0.3, -0.25) is 14.9 Å². The van der Waals surface area contributed by atoms with Crippen LogP contribution in [0, 0.1) is 10.1 Å². The highest BCUT2D eigenvalue weighted by molar-refractivity contribution is 9.10. The Morgan fingerprint density at radius 2 is 1.89 bits per heavy atom. The maximum Gasteiger partial charge on any atom is 0.313 e. The zero-order valence-corrected chi connectivity index (χ0v) is 22.1. The summed E-state index contributed by atoms with van der Waals surface area (Å²) in [5.41, 5.74) is 0.571. The summed E-state index contributed by atoms with van der Waals surface area (Å²) in [7, 11) is 0. The number of nitrogens with zero attached hydrogens (tertiary/aromatic N) is 4. The number of ether oxygens (including phenoxy) is 1. The molecule has 3 aromatic carbocycles. The molecule has 0 spiro atoms. The van der Waals surface area contributed by atoms with Crippen LogP contribution in [0.4, 0.5) is 5.69 Å². The van der Waals surface area contributed by atoms with Crippen LogP contribution >= 0.6 is 27.5 Å². The molecule has 0 atom stereocenters. The number of hydrogen-bond donors (Lipinski definition) is 0. The number of nitro groups is 1. The molecule has 36 heavy (non-hydrogen) atoms. The number of fused-ring (bicyclic) bond motifs is 1. The van der Waals surface area contributed by atoms with Gasteiger partial charge in [-0.15, -0.1) is 0 Å². The minimum absolute atomic E-state index is 0.0348. The third kappa shape index (κ3) is 5.47. The maximum absolute atomic E-state index is 13.3. The molecule has 184 valence electrons. The van der Waals surface area contributed by atoms with Gasteiger partial charge in [0.05, 0.1) is 27.1 Å². The molecule has 0 saturated heterocycles. The van der Waals surface area contributed by atoms with Crippen LogP contribution in [0.1, 0.15) is 37.7 Å². The van der Waals surface area contributed by atoms with Crippen LogP contribution in [0.25, 0.3) is 10.9 Å². The van der Waals surface area contributed by atoms with Crippen molar-refractivity contribution >= 4 is 50.3 Å². The Morgan fingerprint density at radius 3 is 2.56 bits per heavy atom. The highest BCUT2D eigenvalue weighted by atomic mass is 79.9. The molecule has 0 unspecified atom stereocenters. The SMILES string of the molecule is CC(C)(C)c1nc2ccc(Br)cc2c(=O)n1N=Cc1cc(Cl)c(OCc2ccccc2)c([N+](=O)[O-])c1. The zero-order valence-electron chi connectivity index (χ0n) is 19.7. The molecule has 0 aliphatic rings. The van der Waals surface area contributed by atoms with Crippen molar-refractivity contribution in [3.8, 4) is 5.75 Å².